The van der Waals surface area contributed by atoms with E-state index in [-0.39, 0.29) is 5.91 Å². The summed E-state index contributed by atoms with van der Waals surface area (Å²) in [6.45, 7) is 1.64. The first-order valence-corrected chi connectivity index (χ1v) is 7.33. The van der Waals surface area contributed by atoms with Gasteiger partial charge in [0, 0.05) is 11.8 Å². The van der Waals surface area contributed by atoms with E-state index in [0.717, 1.165) is 0 Å². The first kappa shape index (κ1) is 17.3. The van der Waals surface area contributed by atoms with Crippen LogP contribution in [0.1, 0.15) is 17.3 Å². The van der Waals surface area contributed by atoms with Crippen LogP contribution < -0.4 is 14.8 Å². The van der Waals surface area contributed by atoms with E-state index in [4.69, 9.17) is 9.47 Å². The van der Waals surface area contributed by atoms with E-state index in [1.165, 1.54) is 7.11 Å². The highest BCUT2D eigenvalue weighted by Crippen LogP contribution is 2.20. The molecule has 24 heavy (non-hydrogen) atoms. The summed E-state index contributed by atoms with van der Waals surface area (Å²) in [7, 11) is 2.86. The SMILES string of the molecule is COC(=O)c1cccc(NC(=O)[C@@H](C)Oc2cccc(OC)c2)c1. The van der Waals surface area contributed by atoms with Crippen molar-refractivity contribution in [3.63, 3.8) is 0 Å². The average molecular weight is 329 g/mol. The molecule has 0 fully saturated rings. The second-order valence-electron chi connectivity index (χ2n) is 5.00. The van der Waals surface area contributed by atoms with Gasteiger partial charge in [-0.2, -0.15) is 0 Å². The highest BCUT2D eigenvalue weighted by molar-refractivity contribution is 5.96. The minimum absolute atomic E-state index is 0.333. The minimum atomic E-state index is -0.723. The van der Waals surface area contributed by atoms with Gasteiger partial charge in [0.05, 0.1) is 19.8 Å². The molecule has 2 aromatic carbocycles. The highest BCUT2D eigenvalue weighted by atomic mass is 16.5. The van der Waals surface area contributed by atoms with Crippen LogP contribution in [0.2, 0.25) is 0 Å². The number of rotatable bonds is 6. The van der Waals surface area contributed by atoms with Crippen molar-refractivity contribution in [3.8, 4) is 11.5 Å². The molecule has 0 saturated carbocycles. The van der Waals surface area contributed by atoms with Crippen LogP contribution in [0.4, 0.5) is 5.69 Å². The van der Waals surface area contributed by atoms with Crippen molar-refractivity contribution in [1.29, 1.82) is 0 Å². The molecule has 1 amide bonds. The predicted octanol–water partition coefficient (Wildman–Crippen LogP) is 2.89. The van der Waals surface area contributed by atoms with Crippen molar-refractivity contribution >= 4 is 17.6 Å². The Morgan fingerprint density at radius 2 is 1.71 bits per heavy atom. The number of anilines is 1. The molecule has 1 N–H and O–H groups in total. The van der Waals surface area contributed by atoms with E-state index in [1.54, 1.807) is 62.6 Å². The zero-order valence-corrected chi connectivity index (χ0v) is 13.7. The molecule has 0 saturated heterocycles. The van der Waals surface area contributed by atoms with Crippen LogP contribution in [0.5, 0.6) is 11.5 Å². The van der Waals surface area contributed by atoms with Gasteiger partial charge in [-0.15, -0.1) is 0 Å². The van der Waals surface area contributed by atoms with Crippen LogP contribution in [0.25, 0.3) is 0 Å². The first-order valence-electron chi connectivity index (χ1n) is 7.33. The van der Waals surface area contributed by atoms with Crippen molar-refractivity contribution < 1.29 is 23.8 Å². The molecule has 0 aliphatic carbocycles. The largest absolute Gasteiger partial charge is 0.497 e. The van der Waals surface area contributed by atoms with E-state index in [2.05, 4.69) is 10.1 Å². The number of amides is 1. The fourth-order valence-corrected chi connectivity index (χ4v) is 2.02. The molecule has 6 nitrogen and oxygen atoms in total. The molecule has 2 rings (SSSR count). The summed E-state index contributed by atoms with van der Waals surface area (Å²) in [6.07, 6.45) is -0.723. The Morgan fingerprint density at radius 1 is 1.00 bits per heavy atom. The Morgan fingerprint density at radius 3 is 2.42 bits per heavy atom. The lowest BCUT2D eigenvalue weighted by Crippen LogP contribution is -2.30. The van der Waals surface area contributed by atoms with E-state index in [9.17, 15) is 9.59 Å². The fraction of sp³-hybridized carbons (Fsp3) is 0.222. The summed E-state index contributed by atoms with van der Waals surface area (Å²) in [5.41, 5.74) is 0.848. The van der Waals surface area contributed by atoms with Crippen LogP contribution in [-0.4, -0.2) is 32.2 Å². The summed E-state index contributed by atoms with van der Waals surface area (Å²) in [6, 6.07) is 13.5. The topological polar surface area (TPSA) is 73.9 Å². The monoisotopic (exact) mass is 329 g/mol. The number of nitrogens with one attached hydrogen (secondary N) is 1. The van der Waals surface area contributed by atoms with Crippen molar-refractivity contribution in [3.05, 3.63) is 54.1 Å². The molecule has 2 aromatic rings. The van der Waals surface area contributed by atoms with Gasteiger partial charge in [-0.05, 0) is 37.3 Å². The maximum absolute atomic E-state index is 12.2. The second kappa shape index (κ2) is 8.01. The van der Waals surface area contributed by atoms with Crippen LogP contribution in [0.3, 0.4) is 0 Å². The molecule has 0 aliphatic heterocycles. The number of benzene rings is 2. The molecule has 0 aromatic heterocycles. The van der Waals surface area contributed by atoms with Gasteiger partial charge < -0.3 is 19.5 Å². The number of carbonyl (C=O) groups excluding carboxylic acids is 2. The lowest BCUT2D eigenvalue weighted by atomic mass is 10.2. The smallest absolute Gasteiger partial charge is 0.337 e. The molecule has 0 heterocycles. The molecule has 0 aliphatic rings. The standard InChI is InChI=1S/C18H19NO5/c1-12(24-16-9-5-8-15(11-16)22-2)17(20)19-14-7-4-6-13(10-14)18(21)23-3/h4-12H,1-3H3,(H,19,20)/t12-/m1/s1. The molecule has 1 atom stereocenters. The molecule has 0 unspecified atom stereocenters. The van der Waals surface area contributed by atoms with Gasteiger partial charge in [0.15, 0.2) is 6.10 Å². The molecule has 0 spiro atoms. The third-order valence-corrected chi connectivity index (χ3v) is 3.27. The number of carbonyl (C=O) groups is 2. The first-order chi connectivity index (χ1) is 11.5. The number of ether oxygens (including phenoxy) is 3. The van der Waals surface area contributed by atoms with Crippen molar-refractivity contribution in [2.75, 3.05) is 19.5 Å². The van der Waals surface area contributed by atoms with Gasteiger partial charge in [-0.1, -0.05) is 12.1 Å². The number of hydrogen-bond acceptors (Lipinski definition) is 5. The van der Waals surface area contributed by atoms with Crippen LogP contribution in [-0.2, 0) is 9.53 Å². The van der Waals surface area contributed by atoms with Gasteiger partial charge in [-0.3, -0.25) is 4.79 Å². The Labute approximate surface area is 140 Å². The zero-order chi connectivity index (χ0) is 17.5. The third-order valence-electron chi connectivity index (χ3n) is 3.27. The number of hydrogen-bond donors (Lipinski definition) is 1. The van der Waals surface area contributed by atoms with Gasteiger partial charge in [-0.25, -0.2) is 4.79 Å². The van der Waals surface area contributed by atoms with Crippen molar-refractivity contribution in [1.82, 2.24) is 0 Å². The van der Waals surface area contributed by atoms with Crippen LogP contribution >= 0.6 is 0 Å². The maximum Gasteiger partial charge on any atom is 0.337 e. The van der Waals surface area contributed by atoms with Crippen molar-refractivity contribution in [2.45, 2.75) is 13.0 Å². The summed E-state index contributed by atoms with van der Waals surface area (Å²) >= 11 is 0. The summed E-state index contributed by atoms with van der Waals surface area (Å²) in [5, 5.41) is 2.71. The molecular weight excluding hydrogens is 310 g/mol. The van der Waals surface area contributed by atoms with Gasteiger partial charge in [0.25, 0.3) is 5.91 Å². The Balaban J connectivity index is 2.02. The van der Waals surface area contributed by atoms with E-state index in [0.29, 0.717) is 22.7 Å². The van der Waals surface area contributed by atoms with Crippen LogP contribution in [0, 0.1) is 0 Å². The van der Waals surface area contributed by atoms with Gasteiger partial charge in [0.1, 0.15) is 11.5 Å². The van der Waals surface area contributed by atoms with Crippen LogP contribution in [0.15, 0.2) is 48.5 Å². The summed E-state index contributed by atoms with van der Waals surface area (Å²) in [5.74, 6) is 0.373. The number of esters is 1. The van der Waals surface area contributed by atoms with E-state index >= 15 is 0 Å². The fourth-order valence-electron chi connectivity index (χ4n) is 2.02. The minimum Gasteiger partial charge on any atom is -0.497 e. The van der Waals surface area contributed by atoms with Gasteiger partial charge in [0.2, 0.25) is 0 Å². The Bertz CT molecular complexity index is 729. The summed E-state index contributed by atoms with van der Waals surface area (Å²) < 4.78 is 15.4. The average Bonchev–Trinajstić information content (AvgIpc) is 2.61. The molecule has 0 bridgehead atoms. The molecule has 6 heteroatoms. The quantitative estimate of drug-likeness (QED) is 0.825. The Kier molecular flexibility index (Phi) is 5.78. The highest BCUT2D eigenvalue weighted by Gasteiger charge is 2.16. The molecule has 126 valence electrons. The maximum atomic E-state index is 12.2. The second-order valence-corrected chi connectivity index (χ2v) is 5.00. The van der Waals surface area contributed by atoms with Crippen molar-refractivity contribution in [2.24, 2.45) is 0 Å². The third kappa shape index (κ3) is 4.49. The number of methoxy groups -OCH3 is 2. The molecular formula is C18H19NO5. The normalized spacial score (nSPS) is 11.3. The predicted molar refractivity (Wildman–Crippen MR) is 89.5 cm³/mol. The molecule has 0 radical (unpaired) electrons. The summed E-state index contributed by atoms with van der Waals surface area (Å²) in [4.78, 5) is 23.8. The van der Waals surface area contributed by atoms with E-state index in [1.807, 2.05) is 0 Å². The zero-order valence-electron chi connectivity index (χ0n) is 13.7. The lowest BCUT2D eigenvalue weighted by Gasteiger charge is -2.15. The Hall–Kier alpha value is -3.02. The van der Waals surface area contributed by atoms with E-state index < -0.39 is 12.1 Å². The lowest BCUT2D eigenvalue weighted by molar-refractivity contribution is -0.122. The van der Waals surface area contributed by atoms with Gasteiger partial charge >= 0.3 is 5.97 Å².